The molecule has 150 valence electrons. The van der Waals surface area contributed by atoms with Gasteiger partial charge in [-0.3, -0.25) is 4.79 Å². The molecule has 0 saturated carbocycles. The second-order valence-electron chi connectivity index (χ2n) is 6.68. The summed E-state index contributed by atoms with van der Waals surface area (Å²) in [5.41, 5.74) is 0. The molecule has 0 aliphatic rings. The number of aldehydes is 1. The van der Waals surface area contributed by atoms with Crippen LogP contribution in [0.4, 0.5) is 0 Å². The Balaban J connectivity index is 1.81. The summed E-state index contributed by atoms with van der Waals surface area (Å²) in [7, 11) is 0. The number of rotatable bonds is 17. The minimum absolute atomic E-state index is 0.361. The number of hydrogen-bond acceptors (Lipinski definition) is 3. The van der Waals surface area contributed by atoms with Crippen LogP contribution in [-0.2, 0) is 11.3 Å². The average Bonchev–Trinajstić information content (AvgIpc) is 3.15. The van der Waals surface area contributed by atoms with Gasteiger partial charge in [0.15, 0.2) is 12.0 Å². The van der Waals surface area contributed by atoms with Crippen molar-refractivity contribution >= 4 is 6.29 Å². The van der Waals surface area contributed by atoms with Crippen LogP contribution in [0.25, 0.3) is 0 Å². The third kappa shape index (κ3) is 13.9. The van der Waals surface area contributed by atoms with E-state index in [0.29, 0.717) is 24.4 Å². The Hall–Kier alpha value is -1.87. The van der Waals surface area contributed by atoms with E-state index in [2.05, 4.69) is 43.4 Å². The molecule has 0 aromatic carbocycles. The lowest BCUT2D eigenvalue weighted by molar-refractivity contribution is 0.0986. The molecule has 1 rings (SSSR count). The van der Waals surface area contributed by atoms with Crippen molar-refractivity contribution in [2.75, 3.05) is 6.61 Å². The molecular weight excluding hydrogens is 336 g/mol. The Kier molecular flexibility index (Phi) is 15.1. The van der Waals surface area contributed by atoms with Gasteiger partial charge in [-0.25, -0.2) is 0 Å². The second kappa shape index (κ2) is 17.5. The lowest BCUT2D eigenvalue weighted by Gasteiger charge is -2.03. The normalized spacial score (nSPS) is 12.0. The smallest absolute Gasteiger partial charge is 0.185 e. The van der Waals surface area contributed by atoms with Crippen LogP contribution in [-0.4, -0.2) is 12.9 Å². The maximum Gasteiger partial charge on any atom is 0.185 e. The van der Waals surface area contributed by atoms with Crippen LogP contribution in [0, 0.1) is 0 Å². The van der Waals surface area contributed by atoms with Crippen molar-refractivity contribution in [2.45, 2.75) is 77.7 Å². The molecule has 0 radical (unpaired) electrons. The SMILES string of the molecule is CCC=CCC=CCC=CCCCCCCCCOCc1ccc(C=O)o1. The van der Waals surface area contributed by atoms with Gasteiger partial charge < -0.3 is 9.15 Å². The number of hydrogen-bond donors (Lipinski definition) is 0. The lowest BCUT2D eigenvalue weighted by Crippen LogP contribution is -1.94. The first kappa shape index (κ1) is 23.2. The molecule has 27 heavy (non-hydrogen) atoms. The Labute approximate surface area is 165 Å². The van der Waals surface area contributed by atoms with E-state index in [1.54, 1.807) is 12.1 Å². The Bertz CT molecular complexity index is 552. The first-order valence-corrected chi connectivity index (χ1v) is 10.4. The summed E-state index contributed by atoms with van der Waals surface area (Å²) in [6.45, 7) is 3.36. The van der Waals surface area contributed by atoms with Crippen LogP contribution in [0.3, 0.4) is 0 Å². The van der Waals surface area contributed by atoms with E-state index in [-0.39, 0.29) is 0 Å². The van der Waals surface area contributed by atoms with E-state index < -0.39 is 0 Å². The molecule has 1 aromatic heterocycles. The molecule has 0 amide bonds. The molecule has 0 saturated heterocycles. The Morgan fingerprint density at radius 3 is 2.22 bits per heavy atom. The minimum atomic E-state index is 0.361. The zero-order chi connectivity index (χ0) is 19.4. The molecule has 3 heteroatoms. The van der Waals surface area contributed by atoms with Crippen LogP contribution in [0.2, 0.25) is 0 Å². The summed E-state index contributed by atoms with van der Waals surface area (Å²) in [4.78, 5) is 10.5. The van der Waals surface area contributed by atoms with Gasteiger partial charge in [-0.1, -0.05) is 69.1 Å². The van der Waals surface area contributed by atoms with Crippen molar-refractivity contribution in [1.29, 1.82) is 0 Å². The van der Waals surface area contributed by atoms with Gasteiger partial charge in [-0.2, -0.15) is 0 Å². The number of unbranched alkanes of at least 4 members (excludes halogenated alkanes) is 6. The molecule has 3 nitrogen and oxygen atoms in total. The monoisotopic (exact) mass is 372 g/mol. The van der Waals surface area contributed by atoms with E-state index in [4.69, 9.17) is 9.15 Å². The molecule has 0 aliphatic carbocycles. The van der Waals surface area contributed by atoms with Crippen molar-refractivity contribution in [2.24, 2.45) is 0 Å². The highest BCUT2D eigenvalue weighted by Crippen LogP contribution is 2.10. The average molecular weight is 373 g/mol. The van der Waals surface area contributed by atoms with Crippen molar-refractivity contribution in [3.05, 3.63) is 60.1 Å². The summed E-state index contributed by atoms with van der Waals surface area (Å²) in [6.07, 6.45) is 26.1. The summed E-state index contributed by atoms with van der Waals surface area (Å²) < 4.78 is 10.8. The van der Waals surface area contributed by atoms with Gasteiger partial charge in [0.05, 0.1) is 0 Å². The van der Waals surface area contributed by atoms with Gasteiger partial charge in [0.1, 0.15) is 12.4 Å². The molecule has 0 bridgehead atoms. The molecule has 0 unspecified atom stereocenters. The predicted octanol–water partition coefficient (Wildman–Crippen LogP) is 7.20. The van der Waals surface area contributed by atoms with Crippen LogP contribution >= 0.6 is 0 Å². The molecule has 0 spiro atoms. The fourth-order valence-electron chi connectivity index (χ4n) is 2.71. The summed E-state index contributed by atoms with van der Waals surface area (Å²) in [5, 5.41) is 0. The maximum absolute atomic E-state index is 10.5. The maximum atomic E-state index is 10.5. The minimum Gasteiger partial charge on any atom is -0.456 e. The van der Waals surface area contributed by atoms with Crippen molar-refractivity contribution in [3.8, 4) is 0 Å². The zero-order valence-corrected chi connectivity index (χ0v) is 16.9. The third-order valence-electron chi connectivity index (χ3n) is 4.23. The topological polar surface area (TPSA) is 39.4 Å². The van der Waals surface area contributed by atoms with E-state index in [0.717, 1.165) is 32.3 Å². The quantitative estimate of drug-likeness (QED) is 0.165. The zero-order valence-electron chi connectivity index (χ0n) is 16.9. The Morgan fingerprint density at radius 1 is 0.852 bits per heavy atom. The number of ether oxygens (including phenoxy) is 1. The lowest BCUT2D eigenvalue weighted by atomic mass is 10.1. The molecule has 1 heterocycles. The largest absolute Gasteiger partial charge is 0.456 e. The number of carbonyl (C=O) groups excluding carboxylic acids is 1. The van der Waals surface area contributed by atoms with Gasteiger partial charge >= 0.3 is 0 Å². The molecule has 0 N–H and O–H groups in total. The van der Waals surface area contributed by atoms with Crippen LogP contribution in [0.15, 0.2) is 53.0 Å². The molecule has 0 atom stereocenters. The van der Waals surface area contributed by atoms with Crippen LogP contribution in [0.5, 0.6) is 0 Å². The van der Waals surface area contributed by atoms with Gasteiger partial charge in [-0.05, 0) is 50.7 Å². The summed E-state index contributed by atoms with van der Waals surface area (Å²) in [6, 6.07) is 3.46. The number of allylic oxidation sites excluding steroid dienone is 6. The van der Waals surface area contributed by atoms with E-state index in [1.807, 2.05) is 0 Å². The van der Waals surface area contributed by atoms with Gasteiger partial charge in [-0.15, -0.1) is 0 Å². The fraction of sp³-hybridized carbons (Fsp3) is 0.542. The fourth-order valence-corrected chi connectivity index (χ4v) is 2.71. The van der Waals surface area contributed by atoms with E-state index >= 15 is 0 Å². The second-order valence-corrected chi connectivity index (χ2v) is 6.68. The molecular formula is C24H36O3. The van der Waals surface area contributed by atoms with Crippen LogP contribution < -0.4 is 0 Å². The Morgan fingerprint density at radius 2 is 1.52 bits per heavy atom. The predicted molar refractivity (Wildman–Crippen MR) is 113 cm³/mol. The van der Waals surface area contributed by atoms with Gasteiger partial charge in [0.25, 0.3) is 0 Å². The summed E-state index contributed by atoms with van der Waals surface area (Å²) >= 11 is 0. The third-order valence-corrected chi connectivity index (χ3v) is 4.23. The first-order chi connectivity index (χ1) is 13.4. The van der Waals surface area contributed by atoms with Crippen molar-refractivity contribution in [3.63, 3.8) is 0 Å². The highest BCUT2D eigenvalue weighted by molar-refractivity contribution is 5.70. The molecule has 0 fully saturated rings. The van der Waals surface area contributed by atoms with Crippen molar-refractivity contribution < 1.29 is 13.9 Å². The van der Waals surface area contributed by atoms with E-state index in [1.165, 1.54) is 38.5 Å². The van der Waals surface area contributed by atoms with Gasteiger partial charge in [0, 0.05) is 6.61 Å². The van der Waals surface area contributed by atoms with Crippen LogP contribution in [0.1, 0.15) is 87.4 Å². The number of carbonyl (C=O) groups is 1. The van der Waals surface area contributed by atoms with Crippen molar-refractivity contribution in [1.82, 2.24) is 0 Å². The highest BCUT2D eigenvalue weighted by Gasteiger charge is 2.00. The summed E-state index contributed by atoms with van der Waals surface area (Å²) in [5.74, 6) is 1.08. The number of furan rings is 1. The highest BCUT2D eigenvalue weighted by atomic mass is 16.5. The van der Waals surface area contributed by atoms with E-state index in [9.17, 15) is 4.79 Å². The standard InChI is InChI=1S/C24H36O3/c1-2-3-4-5-6-7-8-9-10-11-12-13-14-15-16-17-20-26-22-24-19-18-23(21-25)27-24/h3-4,6-7,9-10,18-19,21H,2,5,8,11-17,20,22H2,1H3. The van der Waals surface area contributed by atoms with Gasteiger partial charge in [0.2, 0.25) is 0 Å². The molecule has 0 aliphatic heterocycles. The molecule has 1 aromatic rings. The first-order valence-electron chi connectivity index (χ1n) is 10.4.